The number of benzene rings is 5. The number of allylic oxidation sites excluding steroid dienone is 8. The molecule has 2 fully saturated rings. The van der Waals surface area contributed by atoms with Crippen LogP contribution in [-0.2, 0) is 64.4 Å². The van der Waals surface area contributed by atoms with Gasteiger partial charge in [-0.05, 0) is 213 Å². The fourth-order valence-electron chi connectivity index (χ4n) is 16.5. The number of carbonyl (C=O) groups is 2. The molecule has 0 saturated heterocycles. The summed E-state index contributed by atoms with van der Waals surface area (Å²) in [4.78, 5) is 29.1. The summed E-state index contributed by atoms with van der Waals surface area (Å²) >= 11 is 6.45. The van der Waals surface area contributed by atoms with Crippen molar-refractivity contribution in [2.24, 2.45) is 16.7 Å². The molecule has 0 spiro atoms. The molecule has 26 heteroatoms. The summed E-state index contributed by atoms with van der Waals surface area (Å²) < 4.78 is 141. The lowest BCUT2D eigenvalue weighted by molar-refractivity contribution is -0.437. The van der Waals surface area contributed by atoms with Crippen LogP contribution in [0.2, 0.25) is 5.02 Å². The van der Waals surface area contributed by atoms with E-state index in [0.717, 1.165) is 95.3 Å². The summed E-state index contributed by atoms with van der Waals surface area (Å²) in [5, 5.41) is 15.7. The van der Waals surface area contributed by atoms with Gasteiger partial charge in [0.05, 0.1) is 39.0 Å². The molecule has 6 aromatic rings. The molecule has 21 nitrogen and oxygen atoms in total. The standard InChI is InChI=1S/C78H94ClN7O14S4/c1-51-44-58(26-31-64(51)79)68-47-65(73(88)82-74-75(2,3)59-36-37-78(74,8)48-59)83-86(68)50-53-20-18-52(19-21-53)49-80-38-11-9-10-12-39-81-72(87)57-24-22-56(23-25-57)71-54(27-34-69-76(4,5)62-45-60(103(95,96)97)29-32-66(62)84(69)40-14-42-101(89,90)91)16-13-17-55(71)28-35-70-77(6,7)63-46-61(104(98,99)100)30-33-67(63)85(70)41-15-43-102(92,93)94/h18-35,44-47,59,74,80H,9-17,36-43,48-50H2,1-8H3,(H5-,81,82,87,88,89,90,91,92,93,94,95,96,97,98,99,100)/p+1/t59-,74?,78+/m0/s1. The van der Waals surface area contributed by atoms with E-state index >= 15 is 0 Å². The molecule has 3 atom stereocenters. The first kappa shape index (κ1) is 77.7. The SMILES string of the molecule is Cc1cc(-c2cc(C(=O)NC3C(C)(C)[C@H]4CC[C@]3(C)C4)nn2Cc2ccc(CNCCCCCCNC(=O)c3ccc(C4=C(/C=C/C5=[N+](CCCS(=O)(=O)O)c6ccc(S(=O)(=O)O)cc6C5(C)C)CCC/C4=C\C=C4\N(CCCS(=O)(=O)O)c5ccc(S(=O)(=O)O)cc5C4(C)C)cc3)cc2)ccc1Cl. The average molecular weight is 1520 g/mol. The molecule has 3 heterocycles. The van der Waals surface area contributed by atoms with E-state index in [2.05, 4.69) is 61.0 Å². The number of amides is 2. The minimum atomic E-state index is -4.60. The molecule has 11 rings (SSSR count). The van der Waals surface area contributed by atoms with Crippen molar-refractivity contribution in [1.29, 1.82) is 0 Å². The third-order valence-electron chi connectivity index (χ3n) is 22.0. The molecule has 1 aromatic heterocycles. The van der Waals surface area contributed by atoms with Crippen molar-refractivity contribution in [1.82, 2.24) is 25.7 Å². The predicted molar refractivity (Wildman–Crippen MR) is 406 cm³/mol. The first-order valence-electron chi connectivity index (χ1n) is 35.5. The minimum absolute atomic E-state index is 0.00618. The minimum Gasteiger partial charge on any atom is -0.352 e. The molecule has 2 amide bonds. The van der Waals surface area contributed by atoms with Crippen LogP contribution >= 0.6 is 11.6 Å². The second kappa shape index (κ2) is 30.4. The molecule has 0 radical (unpaired) electrons. The van der Waals surface area contributed by atoms with Gasteiger partial charge in [-0.2, -0.15) is 43.3 Å². The Labute approximate surface area is 617 Å². The number of nitrogens with one attached hydrogen (secondary N) is 3. The Bertz CT molecular complexity index is 4980. The van der Waals surface area contributed by atoms with Gasteiger partial charge in [0.25, 0.3) is 52.3 Å². The molecular weight excluding hydrogens is 1420 g/mol. The van der Waals surface area contributed by atoms with E-state index < -0.39 is 62.8 Å². The van der Waals surface area contributed by atoms with Crippen LogP contribution < -0.4 is 20.9 Å². The summed E-state index contributed by atoms with van der Waals surface area (Å²) in [7, 11) is -17.9. The Hall–Kier alpha value is -7.43. The van der Waals surface area contributed by atoms with Crippen molar-refractivity contribution in [2.75, 3.05) is 42.6 Å². The molecule has 3 aliphatic carbocycles. The van der Waals surface area contributed by atoms with Gasteiger partial charge < -0.3 is 20.9 Å². The number of unbranched alkanes of at least 4 members (excludes halogenated alkanes) is 3. The van der Waals surface area contributed by atoms with Crippen LogP contribution in [0.5, 0.6) is 0 Å². The lowest BCUT2D eigenvalue weighted by atomic mass is 9.68. The second-order valence-corrected chi connectivity index (χ2v) is 36.8. The number of aromatic nitrogens is 2. The van der Waals surface area contributed by atoms with Crippen LogP contribution in [0.4, 0.5) is 11.4 Å². The topological polar surface area (TPSA) is 312 Å². The van der Waals surface area contributed by atoms with Gasteiger partial charge in [0.15, 0.2) is 11.4 Å². The predicted octanol–water partition coefficient (Wildman–Crippen LogP) is 13.8. The monoisotopic (exact) mass is 1520 g/mol. The van der Waals surface area contributed by atoms with Crippen molar-refractivity contribution >= 4 is 86.5 Å². The second-order valence-electron chi connectivity index (χ2n) is 30.5. The van der Waals surface area contributed by atoms with Crippen molar-refractivity contribution in [2.45, 2.75) is 172 Å². The third kappa shape index (κ3) is 17.3. The zero-order valence-corrected chi connectivity index (χ0v) is 64.2. The molecule has 7 N–H and O–H groups in total. The number of hydrogen-bond donors (Lipinski definition) is 7. The summed E-state index contributed by atoms with van der Waals surface area (Å²) in [6, 6.07) is 32.1. The fraction of sp³-hybridized carbons (Fsp3) is 0.436. The van der Waals surface area contributed by atoms with Crippen LogP contribution in [0.15, 0.2) is 160 Å². The van der Waals surface area contributed by atoms with Gasteiger partial charge >= 0.3 is 0 Å². The Morgan fingerprint density at radius 3 is 1.97 bits per heavy atom. The maximum atomic E-state index is 14.0. The molecule has 2 saturated carbocycles. The van der Waals surface area contributed by atoms with E-state index in [1.165, 1.54) is 30.7 Å². The quantitative estimate of drug-likeness (QED) is 0.0130. The van der Waals surface area contributed by atoms with Crippen molar-refractivity contribution < 1.29 is 66.0 Å². The number of aryl methyl sites for hydroxylation is 1. The molecule has 104 heavy (non-hydrogen) atoms. The lowest BCUT2D eigenvalue weighted by Crippen LogP contribution is -2.52. The third-order valence-corrected chi connectivity index (χ3v) is 25.7. The molecule has 556 valence electrons. The highest BCUT2D eigenvalue weighted by Gasteiger charge is 2.60. The number of hydrogen-bond acceptors (Lipinski definition) is 13. The van der Waals surface area contributed by atoms with Gasteiger partial charge in [0, 0.05) is 82.8 Å². The van der Waals surface area contributed by atoms with E-state index in [1.807, 2.05) is 109 Å². The van der Waals surface area contributed by atoms with Gasteiger partial charge in [0.1, 0.15) is 6.54 Å². The van der Waals surface area contributed by atoms with Gasteiger partial charge in [-0.1, -0.05) is 114 Å². The Kier molecular flexibility index (Phi) is 22.7. The number of halogens is 1. The number of carbonyl (C=O) groups excluding carboxylic acids is 2. The average Bonchev–Trinajstić information content (AvgIpc) is 1.59. The highest BCUT2D eigenvalue weighted by molar-refractivity contribution is 7.86. The Balaban J connectivity index is 0.755. The maximum absolute atomic E-state index is 14.0. The van der Waals surface area contributed by atoms with E-state index in [1.54, 1.807) is 24.3 Å². The highest BCUT2D eigenvalue weighted by atomic mass is 35.5. The lowest BCUT2D eigenvalue weighted by Gasteiger charge is -2.42. The number of rotatable bonds is 29. The van der Waals surface area contributed by atoms with E-state index in [4.69, 9.17) is 16.7 Å². The molecule has 2 aliphatic heterocycles. The number of anilines is 1. The molecule has 2 bridgehead atoms. The zero-order chi connectivity index (χ0) is 75.1. The first-order valence-corrected chi connectivity index (χ1v) is 42.0. The Morgan fingerprint density at radius 2 is 1.32 bits per heavy atom. The van der Waals surface area contributed by atoms with Gasteiger partial charge in [-0.25, -0.2) is 0 Å². The highest BCUT2D eigenvalue weighted by Crippen LogP contribution is 2.62. The van der Waals surface area contributed by atoms with Crippen LogP contribution in [-0.4, -0.2) is 127 Å². The van der Waals surface area contributed by atoms with Crippen molar-refractivity contribution in [3.8, 4) is 11.3 Å². The molecule has 5 aliphatic rings. The van der Waals surface area contributed by atoms with Crippen molar-refractivity contribution in [3.63, 3.8) is 0 Å². The maximum Gasteiger partial charge on any atom is 0.294 e. The van der Waals surface area contributed by atoms with E-state index in [9.17, 15) is 61.5 Å². The van der Waals surface area contributed by atoms with E-state index in [0.29, 0.717) is 95.0 Å². The molecule has 5 aromatic carbocycles. The summed E-state index contributed by atoms with van der Waals surface area (Å²) in [5.74, 6) is -0.843. The van der Waals surface area contributed by atoms with Gasteiger partial charge in [0.2, 0.25) is 5.69 Å². The van der Waals surface area contributed by atoms with Crippen LogP contribution in [0.1, 0.15) is 180 Å². The molecule has 1 unspecified atom stereocenters. The van der Waals surface area contributed by atoms with Crippen molar-refractivity contribution in [3.05, 3.63) is 200 Å². The largest absolute Gasteiger partial charge is 0.352 e. The van der Waals surface area contributed by atoms with Crippen LogP contribution in [0.25, 0.3) is 16.8 Å². The number of fused-ring (bicyclic) bond motifs is 4. The number of nitrogens with zero attached hydrogens (tertiary/aromatic N) is 4. The normalized spacial score (nSPS) is 20.7. The van der Waals surface area contributed by atoms with E-state index in [-0.39, 0.29) is 64.4 Å². The van der Waals surface area contributed by atoms with Crippen LogP contribution in [0.3, 0.4) is 0 Å². The summed E-state index contributed by atoms with van der Waals surface area (Å²) in [6.45, 7) is 19.2. The van der Waals surface area contributed by atoms with Gasteiger partial charge in [-0.15, -0.1) is 0 Å². The zero-order valence-electron chi connectivity index (χ0n) is 60.2. The first-order chi connectivity index (χ1) is 48.8. The van der Waals surface area contributed by atoms with Gasteiger partial charge in [-0.3, -0.25) is 32.5 Å². The summed E-state index contributed by atoms with van der Waals surface area (Å²) in [5.41, 5.74) is 11.1. The Morgan fingerprint density at radius 1 is 0.673 bits per heavy atom. The van der Waals surface area contributed by atoms with Crippen LogP contribution in [0, 0.1) is 23.7 Å². The smallest absolute Gasteiger partial charge is 0.294 e. The molecular formula is C78H95ClN7O14S4+. The summed E-state index contributed by atoms with van der Waals surface area (Å²) in [6.07, 6.45) is 16.7. The fourth-order valence-corrected chi connectivity index (χ4v) is 18.6.